The van der Waals surface area contributed by atoms with E-state index in [1.165, 1.54) is 13.8 Å². The third-order valence-corrected chi connectivity index (χ3v) is 2.72. The molecule has 1 aromatic rings. The number of nitrogens with zero attached hydrogens (tertiary/aromatic N) is 1. The van der Waals surface area contributed by atoms with Crippen LogP contribution in [0.3, 0.4) is 0 Å². The van der Waals surface area contributed by atoms with Crippen LogP contribution in [-0.4, -0.2) is 30.3 Å². The number of hydrogen-bond acceptors (Lipinski definition) is 2. The van der Waals surface area contributed by atoms with Gasteiger partial charge in [0.1, 0.15) is 0 Å². The van der Waals surface area contributed by atoms with Gasteiger partial charge in [-0.25, -0.2) is 0 Å². The summed E-state index contributed by atoms with van der Waals surface area (Å²) >= 11 is 0. The van der Waals surface area contributed by atoms with Gasteiger partial charge in [-0.1, -0.05) is 25.9 Å². The molecular formula is C16H24N2O. The van der Waals surface area contributed by atoms with Crippen LogP contribution >= 0.6 is 0 Å². The van der Waals surface area contributed by atoms with E-state index in [4.69, 9.17) is 12.3 Å². The highest BCUT2D eigenvalue weighted by Crippen LogP contribution is 2.26. The number of carbonyl (C=O) groups excluding carboxylic acids is 1. The summed E-state index contributed by atoms with van der Waals surface area (Å²) in [5, 5.41) is 2.46. The zero-order chi connectivity index (χ0) is 21.7. The van der Waals surface area contributed by atoms with Gasteiger partial charge in [-0.3, -0.25) is 4.79 Å². The third kappa shape index (κ3) is 3.57. The van der Waals surface area contributed by atoms with E-state index >= 15 is 0 Å². The lowest BCUT2D eigenvalue weighted by molar-refractivity contribution is -0.115. The Morgan fingerprint density at radius 1 is 1.32 bits per heavy atom. The van der Waals surface area contributed by atoms with Gasteiger partial charge in [-0.15, -0.1) is 0 Å². The Morgan fingerprint density at radius 2 is 2.05 bits per heavy atom. The first-order chi connectivity index (χ1) is 12.7. The topological polar surface area (TPSA) is 32.3 Å². The molecule has 0 saturated carbocycles. The lowest BCUT2D eigenvalue weighted by atomic mass is 10.0. The zero-order valence-electron chi connectivity index (χ0n) is 20.2. The van der Waals surface area contributed by atoms with E-state index in [1.807, 2.05) is 0 Å². The van der Waals surface area contributed by atoms with E-state index in [0.29, 0.717) is 4.90 Å². The minimum absolute atomic E-state index is 0.0168. The number of nitrogens with one attached hydrogen (secondary N) is 1. The first-order valence-corrected chi connectivity index (χ1v) is 6.41. The predicted molar refractivity (Wildman–Crippen MR) is 79.5 cm³/mol. The number of benzene rings is 1. The third-order valence-electron chi connectivity index (χ3n) is 2.72. The van der Waals surface area contributed by atoms with E-state index in [-0.39, 0.29) is 42.1 Å². The van der Waals surface area contributed by atoms with Gasteiger partial charge in [0.25, 0.3) is 0 Å². The summed E-state index contributed by atoms with van der Waals surface area (Å²) in [7, 11) is 0. The van der Waals surface area contributed by atoms with E-state index < -0.39 is 43.9 Å². The number of carbonyl (C=O) groups is 1. The standard InChI is InChI=1S/C16H24N2O/c1-3-9-18(10-4-2)11-8-13-6-5-7-15-14(13)12-16(19)17-15/h5-7H,3-4,8-12H2,1-2H3,(H,17,19)/i5D,6D,7D,9D2,10D2,11D2. The largest absolute Gasteiger partial charge is 0.326 e. The van der Waals surface area contributed by atoms with Crippen molar-refractivity contribution in [2.45, 2.75) is 39.5 Å². The molecule has 0 atom stereocenters. The summed E-state index contributed by atoms with van der Waals surface area (Å²) in [6.45, 7) is -4.18. The Bertz CT molecular complexity index is 779. The second-order valence-corrected chi connectivity index (χ2v) is 4.13. The normalized spacial score (nSPS) is 22.9. The van der Waals surface area contributed by atoms with Crippen LogP contribution in [0.1, 0.15) is 50.2 Å². The molecule has 1 N–H and O–H groups in total. The molecule has 1 aliphatic heterocycles. The van der Waals surface area contributed by atoms with E-state index in [9.17, 15) is 4.79 Å². The summed E-state index contributed by atoms with van der Waals surface area (Å²) in [4.78, 5) is 12.3. The molecular weight excluding hydrogens is 236 g/mol. The van der Waals surface area contributed by atoms with Gasteiger partial charge < -0.3 is 10.2 Å². The molecule has 3 nitrogen and oxygen atoms in total. The molecule has 1 heterocycles. The molecule has 0 spiro atoms. The van der Waals surface area contributed by atoms with Crippen LogP contribution in [-0.2, 0) is 17.6 Å². The van der Waals surface area contributed by atoms with Crippen LogP contribution in [0.2, 0.25) is 0 Å². The Morgan fingerprint density at radius 3 is 2.74 bits per heavy atom. The van der Waals surface area contributed by atoms with Crippen molar-refractivity contribution in [3.8, 4) is 0 Å². The number of hydrogen-bond donors (Lipinski definition) is 1. The number of rotatable bonds is 7. The Kier molecular flexibility index (Phi) is 2.26. The first-order valence-electron chi connectivity index (χ1n) is 10.9. The van der Waals surface area contributed by atoms with Crippen molar-refractivity contribution in [2.75, 3.05) is 24.8 Å². The van der Waals surface area contributed by atoms with Crippen LogP contribution in [0.25, 0.3) is 0 Å². The monoisotopic (exact) mass is 269 g/mol. The maximum Gasteiger partial charge on any atom is 0.228 e. The van der Waals surface area contributed by atoms with Crippen LogP contribution in [0, 0.1) is 0 Å². The molecule has 1 aliphatic rings. The van der Waals surface area contributed by atoms with Gasteiger partial charge in [0.15, 0.2) is 0 Å². The highest BCUT2D eigenvalue weighted by Gasteiger charge is 2.20. The minimum Gasteiger partial charge on any atom is -0.326 e. The van der Waals surface area contributed by atoms with Crippen molar-refractivity contribution in [1.82, 2.24) is 4.90 Å². The van der Waals surface area contributed by atoms with Crippen LogP contribution in [0.5, 0.6) is 0 Å². The maximum absolute atomic E-state index is 11.8. The molecule has 0 aliphatic carbocycles. The fourth-order valence-electron chi connectivity index (χ4n) is 1.91. The Labute approximate surface area is 128 Å². The number of amides is 1. The van der Waals surface area contributed by atoms with Crippen molar-refractivity contribution in [2.24, 2.45) is 0 Å². The average Bonchev–Trinajstić information content (AvgIpc) is 2.97. The van der Waals surface area contributed by atoms with E-state index in [2.05, 4.69) is 5.32 Å². The van der Waals surface area contributed by atoms with Gasteiger partial charge >= 0.3 is 0 Å². The molecule has 2 rings (SSSR count). The van der Waals surface area contributed by atoms with Crippen molar-refractivity contribution >= 4 is 11.6 Å². The molecule has 0 saturated heterocycles. The molecule has 3 heteroatoms. The highest BCUT2D eigenvalue weighted by molar-refractivity contribution is 5.99. The molecule has 1 amide bonds. The van der Waals surface area contributed by atoms with Crippen molar-refractivity contribution in [3.63, 3.8) is 0 Å². The zero-order valence-corrected chi connectivity index (χ0v) is 11.2. The molecule has 19 heavy (non-hydrogen) atoms. The summed E-state index contributed by atoms with van der Waals surface area (Å²) in [5.74, 6) is -0.431. The number of fused-ring (bicyclic) bond motifs is 1. The summed E-state index contributed by atoms with van der Waals surface area (Å²) in [6.07, 6.45) is -1.07. The fourth-order valence-corrected chi connectivity index (χ4v) is 1.91. The molecule has 104 valence electrons. The SMILES string of the molecule is [2H]c1c([2H])c(CC([2H])([2H])N(C([2H])([2H])CC)C([2H])([2H])CC)c2c(c1[2H])NC(=O)C2. The molecule has 0 bridgehead atoms. The second-order valence-electron chi connectivity index (χ2n) is 4.13. The van der Waals surface area contributed by atoms with E-state index in [1.54, 1.807) is 0 Å². The van der Waals surface area contributed by atoms with Gasteiger partial charge in [0, 0.05) is 20.4 Å². The van der Waals surface area contributed by atoms with Crippen molar-refractivity contribution in [1.29, 1.82) is 0 Å². The van der Waals surface area contributed by atoms with Gasteiger partial charge in [-0.05, 0) is 49.4 Å². The quantitative estimate of drug-likeness (QED) is 0.825. The second kappa shape index (κ2) is 6.71. The lowest BCUT2D eigenvalue weighted by Gasteiger charge is -2.21. The van der Waals surface area contributed by atoms with Gasteiger partial charge in [0.2, 0.25) is 5.91 Å². The van der Waals surface area contributed by atoms with Crippen molar-refractivity contribution < 1.29 is 17.1 Å². The minimum atomic E-state index is -2.55. The molecule has 0 fully saturated rings. The Hall–Kier alpha value is -1.35. The Balaban J connectivity index is 2.61. The highest BCUT2D eigenvalue weighted by atomic mass is 16.1. The fraction of sp³-hybridized carbons (Fsp3) is 0.562. The number of anilines is 1. The smallest absolute Gasteiger partial charge is 0.228 e. The van der Waals surface area contributed by atoms with Crippen molar-refractivity contribution in [3.05, 3.63) is 29.3 Å². The van der Waals surface area contributed by atoms with E-state index in [0.717, 1.165) is 0 Å². The molecule has 0 radical (unpaired) electrons. The van der Waals surface area contributed by atoms with Gasteiger partial charge in [-0.2, -0.15) is 0 Å². The average molecular weight is 269 g/mol. The molecule has 1 aromatic carbocycles. The maximum atomic E-state index is 11.8. The molecule has 0 unspecified atom stereocenters. The van der Waals surface area contributed by atoms with Crippen LogP contribution in [0.15, 0.2) is 18.1 Å². The van der Waals surface area contributed by atoms with Gasteiger partial charge in [0.05, 0.1) is 10.5 Å². The van der Waals surface area contributed by atoms with Crippen LogP contribution < -0.4 is 5.32 Å². The summed E-state index contributed by atoms with van der Waals surface area (Å²) < 4.78 is 73.7. The van der Waals surface area contributed by atoms with Crippen LogP contribution in [0.4, 0.5) is 5.69 Å². The molecule has 0 aromatic heterocycles. The summed E-state index contributed by atoms with van der Waals surface area (Å²) in [6, 6.07) is -1.19. The first kappa shape index (κ1) is 6.40. The lowest BCUT2D eigenvalue weighted by Crippen LogP contribution is -2.28. The predicted octanol–water partition coefficient (Wildman–Crippen LogP) is 2.85. The summed E-state index contributed by atoms with van der Waals surface area (Å²) in [5.41, 5.74) is 0.331.